The summed E-state index contributed by atoms with van der Waals surface area (Å²) in [7, 11) is 1.88. The van der Waals surface area contributed by atoms with Gasteiger partial charge in [0, 0.05) is 9.40 Å². The monoisotopic (exact) mass is 106 g/mol. The van der Waals surface area contributed by atoms with Gasteiger partial charge in [-0.25, -0.2) is 0 Å². The van der Waals surface area contributed by atoms with E-state index in [4.69, 9.17) is 0 Å². The first-order chi connectivity index (χ1) is 3.27. The van der Waals surface area contributed by atoms with Crippen molar-refractivity contribution in [2.24, 2.45) is 5.92 Å². The van der Waals surface area contributed by atoms with Gasteiger partial charge in [-0.05, 0) is 13.0 Å². The third kappa shape index (κ3) is 5.92. The summed E-state index contributed by atoms with van der Waals surface area (Å²) in [5.74, 6) is 0.729. The Morgan fingerprint density at radius 2 is 2.14 bits per heavy atom. The molecular formula is C5H18N2. The molecule has 0 unspecified atom stereocenters. The van der Waals surface area contributed by atoms with Crippen LogP contribution in [0.1, 0.15) is 16.7 Å². The third-order valence-corrected chi connectivity index (χ3v) is 0.687. The lowest BCUT2D eigenvalue weighted by Gasteiger charge is -2.03. The van der Waals surface area contributed by atoms with Crippen LogP contribution >= 0.6 is 0 Å². The van der Waals surface area contributed by atoms with Gasteiger partial charge in [-0.2, -0.15) is 0 Å². The molecule has 0 aromatic carbocycles. The zero-order valence-corrected chi connectivity index (χ0v) is 5.28. The molecule has 0 aliphatic heterocycles. The van der Waals surface area contributed by atoms with E-state index in [1.807, 2.05) is 7.05 Å². The number of rotatable bonds is 3. The summed E-state index contributed by atoms with van der Waals surface area (Å²) in [6, 6.07) is 0. The Labute approximate surface area is 48.2 Å². The van der Waals surface area contributed by atoms with Crippen molar-refractivity contribution in [1.82, 2.24) is 10.9 Å². The van der Waals surface area contributed by atoms with E-state index >= 15 is 0 Å². The maximum atomic E-state index is 3.00. The van der Waals surface area contributed by atoms with E-state index in [1.165, 1.54) is 0 Å². The summed E-state index contributed by atoms with van der Waals surface area (Å²) >= 11 is 0. The second kappa shape index (κ2) is 4.09. The molecule has 0 aliphatic carbocycles. The van der Waals surface area contributed by atoms with Crippen LogP contribution < -0.4 is 10.9 Å². The van der Waals surface area contributed by atoms with Gasteiger partial charge in [-0.1, -0.05) is 13.8 Å². The van der Waals surface area contributed by atoms with Crippen molar-refractivity contribution in [2.45, 2.75) is 13.8 Å². The van der Waals surface area contributed by atoms with Gasteiger partial charge in [0.2, 0.25) is 0 Å². The Hall–Kier alpha value is -0.0800. The van der Waals surface area contributed by atoms with Crippen molar-refractivity contribution in [3.63, 3.8) is 0 Å². The fourth-order valence-electron chi connectivity index (χ4n) is 0.306. The maximum absolute atomic E-state index is 3.00. The Morgan fingerprint density at radius 1 is 1.57 bits per heavy atom. The highest BCUT2D eigenvalue weighted by Crippen LogP contribution is 1.83. The molecule has 0 aromatic heterocycles. The minimum atomic E-state index is 0. The van der Waals surface area contributed by atoms with Crippen molar-refractivity contribution in [3.8, 4) is 0 Å². The van der Waals surface area contributed by atoms with Gasteiger partial charge in [-0.15, -0.1) is 0 Å². The molecule has 0 aromatic rings. The van der Waals surface area contributed by atoms with Gasteiger partial charge in [0.05, 0.1) is 0 Å². The summed E-state index contributed by atoms with van der Waals surface area (Å²) in [4.78, 5) is 0. The minimum absolute atomic E-state index is 0. The third-order valence-electron chi connectivity index (χ3n) is 0.687. The highest BCUT2D eigenvalue weighted by atomic mass is 15.3. The van der Waals surface area contributed by atoms with Gasteiger partial charge in [0.15, 0.2) is 0 Å². The van der Waals surface area contributed by atoms with E-state index in [2.05, 4.69) is 24.7 Å². The Morgan fingerprint density at radius 3 is 2.29 bits per heavy atom. The molecule has 0 atom stereocenters. The lowest BCUT2D eigenvalue weighted by atomic mass is 10.2. The molecule has 48 valence electrons. The summed E-state index contributed by atoms with van der Waals surface area (Å²) in [5, 5.41) is 0. The van der Waals surface area contributed by atoms with Crippen LogP contribution in [-0.2, 0) is 0 Å². The van der Waals surface area contributed by atoms with Crippen LogP contribution in [0.25, 0.3) is 0 Å². The zero-order valence-electron chi connectivity index (χ0n) is 5.28. The van der Waals surface area contributed by atoms with Gasteiger partial charge >= 0.3 is 0 Å². The first kappa shape index (κ1) is 6.92. The summed E-state index contributed by atoms with van der Waals surface area (Å²) in [6.07, 6.45) is 0. The van der Waals surface area contributed by atoms with Crippen LogP contribution in [0.3, 0.4) is 0 Å². The molecule has 0 saturated heterocycles. The summed E-state index contributed by atoms with van der Waals surface area (Å²) < 4.78 is 0. The van der Waals surface area contributed by atoms with Crippen molar-refractivity contribution in [1.29, 1.82) is 0 Å². The molecule has 0 aliphatic rings. The number of hydrogen-bond acceptors (Lipinski definition) is 2. The van der Waals surface area contributed by atoms with E-state index in [0.717, 1.165) is 12.5 Å². The van der Waals surface area contributed by atoms with Gasteiger partial charge in [0.1, 0.15) is 0 Å². The van der Waals surface area contributed by atoms with E-state index in [1.54, 1.807) is 0 Å². The molecule has 2 N–H and O–H groups in total. The molecular weight excluding hydrogens is 88.1 g/mol. The first-order valence-corrected chi connectivity index (χ1v) is 2.67. The number of hydrazine groups is 1. The Balaban J connectivity index is -0.000000180. The Kier molecular flexibility index (Phi) is 4.04. The van der Waals surface area contributed by atoms with Crippen LogP contribution in [0.4, 0.5) is 0 Å². The first-order valence-electron chi connectivity index (χ1n) is 2.67. The topological polar surface area (TPSA) is 24.1 Å². The van der Waals surface area contributed by atoms with Crippen LogP contribution in [0, 0.1) is 5.92 Å². The molecule has 0 fully saturated rings. The summed E-state index contributed by atoms with van der Waals surface area (Å²) in [6.45, 7) is 5.38. The largest absolute Gasteiger partial charge is 0.261 e. The lowest BCUT2D eigenvalue weighted by Crippen LogP contribution is -2.30. The van der Waals surface area contributed by atoms with Crippen LogP contribution in [-0.4, -0.2) is 13.6 Å². The average Bonchev–Trinajstić information content (AvgIpc) is 1.61. The van der Waals surface area contributed by atoms with Crippen LogP contribution in [0.2, 0.25) is 0 Å². The number of hydrogen-bond donors (Lipinski definition) is 2. The lowest BCUT2D eigenvalue weighted by molar-refractivity contribution is 0.505. The Bertz CT molecular complexity index is 41.9. The van der Waals surface area contributed by atoms with Crippen molar-refractivity contribution < 1.29 is 2.85 Å². The molecule has 2 heteroatoms. The molecule has 0 rings (SSSR count). The van der Waals surface area contributed by atoms with E-state index < -0.39 is 0 Å². The average molecular weight is 106 g/mol. The van der Waals surface area contributed by atoms with E-state index in [-0.39, 0.29) is 2.85 Å². The fraction of sp³-hybridized carbons (Fsp3) is 1.00. The molecule has 2 nitrogen and oxygen atoms in total. The second-order valence-electron chi connectivity index (χ2n) is 2.02. The highest BCUT2D eigenvalue weighted by Gasteiger charge is 1.86. The quantitative estimate of drug-likeness (QED) is 0.521. The van der Waals surface area contributed by atoms with Crippen LogP contribution in [0.5, 0.6) is 0 Å². The number of nitrogens with one attached hydrogen (secondary N) is 2. The molecule has 0 amide bonds. The SMILES string of the molecule is CNNCC(C)C.[HH].[HH]. The summed E-state index contributed by atoms with van der Waals surface area (Å²) in [5.41, 5.74) is 5.85. The normalized spacial score (nSPS) is 10.3. The molecule has 0 radical (unpaired) electrons. The van der Waals surface area contributed by atoms with Gasteiger partial charge < -0.3 is 0 Å². The predicted octanol–water partition coefficient (Wildman–Crippen LogP) is 0.858. The molecule has 0 saturated carbocycles. The van der Waals surface area contributed by atoms with Crippen molar-refractivity contribution in [3.05, 3.63) is 0 Å². The second-order valence-corrected chi connectivity index (χ2v) is 2.02. The van der Waals surface area contributed by atoms with E-state index in [9.17, 15) is 0 Å². The molecule has 0 heterocycles. The van der Waals surface area contributed by atoms with Gasteiger partial charge in [0.25, 0.3) is 0 Å². The van der Waals surface area contributed by atoms with Crippen LogP contribution in [0.15, 0.2) is 0 Å². The molecule has 0 spiro atoms. The standard InChI is InChI=1S/C5H14N2.2H2/c1-5(2)4-7-6-3;;/h5-7H,4H2,1-3H3;2*1H. The molecule has 7 heavy (non-hydrogen) atoms. The minimum Gasteiger partial charge on any atom is -0.261 e. The highest BCUT2D eigenvalue weighted by molar-refractivity contribution is 4.42. The van der Waals surface area contributed by atoms with E-state index in [0.29, 0.717) is 0 Å². The zero-order chi connectivity index (χ0) is 5.70. The predicted molar refractivity (Wildman–Crippen MR) is 36.1 cm³/mol. The molecule has 0 bridgehead atoms. The van der Waals surface area contributed by atoms with Crippen molar-refractivity contribution >= 4 is 0 Å². The smallest absolute Gasteiger partial charge is 0.0123 e. The van der Waals surface area contributed by atoms with Crippen molar-refractivity contribution in [2.75, 3.05) is 13.6 Å². The van der Waals surface area contributed by atoms with Gasteiger partial charge in [-0.3, -0.25) is 10.9 Å². The maximum Gasteiger partial charge on any atom is 0.0123 e. The fourth-order valence-corrected chi connectivity index (χ4v) is 0.306.